The van der Waals surface area contributed by atoms with Crippen molar-refractivity contribution >= 4 is 31.5 Å². The molecule has 3 atom stereocenters. The number of halogens is 3. The lowest BCUT2D eigenvalue weighted by atomic mass is 9.95. The lowest BCUT2D eigenvalue weighted by Gasteiger charge is -2.42. The monoisotopic (exact) mass is 499 g/mol. The summed E-state index contributed by atoms with van der Waals surface area (Å²) in [4.78, 5) is 0. The van der Waals surface area contributed by atoms with Crippen molar-refractivity contribution in [3.63, 3.8) is 0 Å². The molecular weight excluding hydrogens is 464 g/mol. The Morgan fingerprint density at radius 3 is 2.25 bits per heavy atom. The van der Waals surface area contributed by atoms with Gasteiger partial charge in [0, 0.05) is 11.6 Å². The van der Waals surface area contributed by atoms with Crippen LogP contribution in [0.3, 0.4) is 0 Å². The first kappa shape index (κ1) is 27.3. The van der Waals surface area contributed by atoms with Gasteiger partial charge in [-0.2, -0.15) is 0 Å². The molecule has 2 rings (SSSR count). The summed E-state index contributed by atoms with van der Waals surface area (Å²) < 4.78 is 21.4. The summed E-state index contributed by atoms with van der Waals surface area (Å²) in [5, 5.41) is 14.6. The number of benzene rings is 2. The van der Waals surface area contributed by atoms with Gasteiger partial charge in [0.15, 0.2) is 8.32 Å². The van der Waals surface area contributed by atoms with Crippen LogP contribution in [-0.2, 0) is 4.43 Å². The van der Waals surface area contributed by atoms with Crippen LogP contribution in [0.1, 0.15) is 57.9 Å². The summed E-state index contributed by atoms with van der Waals surface area (Å²) in [5.74, 6) is -0.409. The highest BCUT2D eigenvalue weighted by molar-refractivity contribution is 6.74. The largest absolute Gasteiger partial charge is 0.408 e. The molecule has 0 radical (unpaired) electrons. The van der Waals surface area contributed by atoms with Gasteiger partial charge in [-0.15, -0.1) is 0 Å². The first-order valence-electron chi connectivity index (χ1n) is 11.0. The van der Waals surface area contributed by atoms with E-state index in [0.717, 1.165) is 5.56 Å². The maximum Gasteiger partial charge on any atom is 0.193 e. The average molecular weight is 501 g/mol. The van der Waals surface area contributed by atoms with E-state index >= 15 is 0 Å². The molecule has 0 fully saturated rings. The van der Waals surface area contributed by atoms with E-state index < -0.39 is 32.4 Å². The Balaban J connectivity index is 2.59. The van der Waals surface area contributed by atoms with Gasteiger partial charge in [0.1, 0.15) is 5.82 Å². The number of aliphatic hydroxyl groups excluding tert-OH is 1. The van der Waals surface area contributed by atoms with Crippen molar-refractivity contribution in [3.8, 4) is 0 Å². The highest BCUT2D eigenvalue weighted by Crippen LogP contribution is 2.44. The molecule has 0 aliphatic heterocycles. The van der Waals surface area contributed by atoms with Gasteiger partial charge in [0.05, 0.1) is 23.3 Å². The molecule has 2 N–H and O–H groups in total. The molecule has 0 saturated carbocycles. The molecule has 32 heavy (non-hydrogen) atoms. The molecule has 0 heterocycles. The van der Waals surface area contributed by atoms with E-state index in [2.05, 4.69) is 39.2 Å². The van der Waals surface area contributed by atoms with E-state index in [4.69, 9.17) is 27.6 Å². The fourth-order valence-corrected chi connectivity index (χ4v) is 4.67. The molecule has 2 aromatic carbocycles. The van der Waals surface area contributed by atoms with Gasteiger partial charge < -0.3 is 14.8 Å². The van der Waals surface area contributed by atoms with Crippen LogP contribution >= 0.6 is 23.2 Å². The van der Waals surface area contributed by atoms with Crippen LogP contribution in [-0.4, -0.2) is 26.1 Å². The fraction of sp³-hybridized carbons (Fsp3) is 0.520. The number of aliphatic hydroxyl groups is 1. The van der Waals surface area contributed by atoms with Gasteiger partial charge in [-0.3, -0.25) is 0 Å². The van der Waals surface area contributed by atoms with E-state index in [9.17, 15) is 9.50 Å². The smallest absolute Gasteiger partial charge is 0.193 e. The minimum atomic E-state index is -2.23. The maximum atomic E-state index is 14.5. The second-order valence-electron chi connectivity index (χ2n) is 10.2. The van der Waals surface area contributed by atoms with Gasteiger partial charge >= 0.3 is 0 Å². The molecule has 1 unspecified atom stereocenters. The third-order valence-electron chi connectivity index (χ3n) is 6.33. The second-order valence-corrected chi connectivity index (χ2v) is 15.8. The van der Waals surface area contributed by atoms with E-state index in [1.165, 1.54) is 6.07 Å². The molecule has 0 spiro atoms. The molecular formula is C25H36Cl2FNO2Si. The number of nitrogens with one attached hydrogen (secondary N) is 1. The minimum absolute atomic E-state index is 0.0307. The lowest BCUT2D eigenvalue weighted by molar-refractivity contribution is 0.0954. The Morgan fingerprint density at radius 2 is 1.72 bits per heavy atom. The van der Waals surface area contributed by atoms with Crippen molar-refractivity contribution in [1.29, 1.82) is 0 Å². The van der Waals surface area contributed by atoms with E-state index in [1.54, 1.807) is 12.1 Å². The average Bonchev–Trinajstić information content (AvgIpc) is 2.68. The van der Waals surface area contributed by atoms with Crippen LogP contribution in [0, 0.1) is 11.7 Å². The quantitative estimate of drug-likeness (QED) is 0.350. The van der Waals surface area contributed by atoms with Crippen LogP contribution in [0.4, 0.5) is 4.39 Å². The molecule has 0 aromatic heterocycles. The zero-order chi connectivity index (χ0) is 24.3. The van der Waals surface area contributed by atoms with Gasteiger partial charge in [-0.25, -0.2) is 4.39 Å². The molecule has 0 bridgehead atoms. The van der Waals surface area contributed by atoms with Crippen molar-refractivity contribution in [3.05, 3.63) is 69.5 Å². The van der Waals surface area contributed by atoms with E-state index in [-0.39, 0.29) is 16.0 Å². The van der Waals surface area contributed by atoms with Crippen molar-refractivity contribution in [2.24, 2.45) is 5.92 Å². The summed E-state index contributed by atoms with van der Waals surface area (Å²) in [5.41, 5.74) is 1.60. The lowest BCUT2D eigenvalue weighted by Crippen LogP contribution is -2.45. The standard InChI is InChI=1S/C25H36Cl2FNO2Si/c1-16(2)22(30)15-29-23(17-11-12-20(27)21(28)14-17)24(18-9-8-10-19(26)13-18)31-32(6,7)25(3,4)5/h8-14,16,22-24,29-30H,15H2,1-7H3/t22?,23-,24-/m1/s1. The Labute approximate surface area is 203 Å². The molecule has 0 aliphatic carbocycles. The summed E-state index contributed by atoms with van der Waals surface area (Å²) in [6.07, 6.45) is -0.989. The van der Waals surface area contributed by atoms with E-state index in [1.807, 2.05) is 38.1 Å². The molecule has 2 aromatic rings. The summed E-state index contributed by atoms with van der Waals surface area (Å²) in [6.45, 7) is 15.2. The van der Waals surface area contributed by atoms with Gasteiger partial charge in [-0.05, 0) is 59.4 Å². The predicted molar refractivity (Wildman–Crippen MR) is 135 cm³/mol. The van der Waals surface area contributed by atoms with Gasteiger partial charge in [-0.1, -0.05) is 76.0 Å². The first-order valence-corrected chi connectivity index (χ1v) is 14.7. The number of hydrogen-bond donors (Lipinski definition) is 2. The molecule has 0 aliphatic rings. The normalized spacial score (nSPS) is 15.6. The maximum absolute atomic E-state index is 14.5. The van der Waals surface area contributed by atoms with Gasteiger partial charge in [0.2, 0.25) is 0 Å². The Morgan fingerprint density at radius 1 is 1.06 bits per heavy atom. The van der Waals surface area contributed by atoms with Crippen molar-refractivity contribution < 1.29 is 13.9 Å². The molecule has 178 valence electrons. The second kappa shape index (κ2) is 11.0. The zero-order valence-electron chi connectivity index (χ0n) is 20.0. The molecule has 0 amide bonds. The number of rotatable bonds is 9. The number of hydrogen-bond acceptors (Lipinski definition) is 3. The predicted octanol–water partition coefficient (Wildman–Crippen LogP) is 7.54. The highest BCUT2D eigenvalue weighted by Gasteiger charge is 2.41. The SMILES string of the molecule is CC(C)C(O)CN[C@H](c1ccc(Cl)c(F)c1)[C@H](O[Si](C)(C)C(C)(C)C)c1cccc(Cl)c1. The summed E-state index contributed by atoms with van der Waals surface area (Å²) in [6, 6.07) is 12.0. The Hall–Kier alpha value is -0.953. The molecule has 0 saturated heterocycles. The summed E-state index contributed by atoms with van der Waals surface area (Å²) >= 11 is 12.3. The highest BCUT2D eigenvalue weighted by atomic mass is 35.5. The van der Waals surface area contributed by atoms with Crippen LogP contribution in [0.25, 0.3) is 0 Å². The third-order valence-corrected chi connectivity index (χ3v) is 11.3. The van der Waals surface area contributed by atoms with Crippen LogP contribution in [0.15, 0.2) is 42.5 Å². The first-order chi connectivity index (χ1) is 14.7. The zero-order valence-corrected chi connectivity index (χ0v) is 22.6. The Kier molecular flexibility index (Phi) is 9.37. The fourth-order valence-electron chi connectivity index (χ4n) is 3.10. The Bertz CT molecular complexity index is 902. The van der Waals surface area contributed by atoms with Crippen LogP contribution in [0.2, 0.25) is 28.2 Å². The molecule has 3 nitrogen and oxygen atoms in total. The summed E-state index contributed by atoms with van der Waals surface area (Å²) in [7, 11) is -2.23. The molecule has 7 heteroatoms. The van der Waals surface area contributed by atoms with E-state index in [0.29, 0.717) is 17.1 Å². The van der Waals surface area contributed by atoms with Crippen LogP contribution in [0.5, 0.6) is 0 Å². The van der Waals surface area contributed by atoms with Crippen molar-refractivity contribution in [1.82, 2.24) is 5.32 Å². The van der Waals surface area contributed by atoms with Crippen molar-refractivity contribution in [2.75, 3.05) is 6.54 Å². The van der Waals surface area contributed by atoms with Crippen LogP contribution < -0.4 is 5.32 Å². The van der Waals surface area contributed by atoms with Gasteiger partial charge in [0.25, 0.3) is 0 Å². The third kappa shape index (κ3) is 7.02. The minimum Gasteiger partial charge on any atom is -0.408 e. The van der Waals surface area contributed by atoms with Crippen molar-refractivity contribution in [2.45, 2.75) is 71.0 Å². The topological polar surface area (TPSA) is 41.5 Å².